The SMILES string of the molecule is CCCCCCCCCCCCCC1N(CCCC)C=CN1CCCCCCCCCCCCC. The Kier molecular flexibility index (Phi) is 23.1. The maximum absolute atomic E-state index is 2.68. The first-order chi connectivity index (χ1) is 17.3. The van der Waals surface area contributed by atoms with Crippen molar-refractivity contribution in [1.82, 2.24) is 9.80 Å². The smallest absolute Gasteiger partial charge is 0.101 e. The molecule has 0 saturated heterocycles. The number of rotatable bonds is 27. The van der Waals surface area contributed by atoms with Crippen LogP contribution in [0.15, 0.2) is 12.4 Å². The van der Waals surface area contributed by atoms with Crippen molar-refractivity contribution >= 4 is 0 Å². The minimum atomic E-state index is 0.642. The molecule has 1 heterocycles. The second-order valence-electron chi connectivity index (χ2n) is 11.5. The topological polar surface area (TPSA) is 6.48 Å². The van der Waals surface area contributed by atoms with Crippen LogP contribution in [-0.2, 0) is 0 Å². The molecule has 0 amide bonds. The Labute approximate surface area is 222 Å². The minimum absolute atomic E-state index is 0.642. The molecule has 1 unspecified atom stereocenters. The van der Waals surface area contributed by atoms with Gasteiger partial charge in [0.2, 0.25) is 0 Å². The Balaban J connectivity index is 2.10. The van der Waals surface area contributed by atoms with E-state index in [-0.39, 0.29) is 0 Å². The Morgan fingerprint density at radius 1 is 0.371 bits per heavy atom. The van der Waals surface area contributed by atoms with Crippen LogP contribution in [0.3, 0.4) is 0 Å². The van der Waals surface area contributed by atoms with Crippen LogP contribution in [-0.4, -0.2) is 29.1 Å². The number of hydrogen-bond donors (Lipinski definition) is 0. The molecule has 0 aromatic heterocycles. The molecule has 2 heteroatoms. The van der Waals surface area contributed by atoms with Gasteiger partial charge in [-0.3, -0.25) is 0 Å². The molecule has 0 saturated carbocycles. The summed E-state index contributed by atoms with van der Waals surface area (Å²) in [6.07, 6.45) is 41.1. The Hall–Kier alpha value is -0.660. The maximum atomic E-state index is 2.68. The molecule has 0 aromatic carbocycles. The quantitative estimate of drug-likeness (QED) is 0.106. The van der Waals surface area contributed by atoms with E-state index in [1.165, 1.54) is 174 Å². The van der Waals surface area contributed by atoms with Gasteiger partial charge >= 0.3 is 0 Å². The van der Waals surface area contributed by atoms with Crippen molar-refractivity contribution in [3.05, 3.63) is 12.4 Å². The van der Waals surface area contributed by atoms with E-state index in [0.29, 0.717) is 6.17 Å². The average molecular weight is 491 g/mol. The van der Waals surface area contributed by atoms with Crippen LogP contribution in [0.2, 0.25) is 0 Å². The van der Waals surface area contributed by atoms with Crippen LogP contribution in [0, 0.1) is 0 Å². The molecule has 208 valence electrons. The van der Waals surface area contributed by atoms with Crippen molar-refractivity contribution in [2.45, 2.75) is 187 Å². The highest BCUT2D eigenvalue weighted by molar-refractivity contribution is 4.96. The lowest BCUT2D eigenvalue weighted by molar-refractivity contribution is 0.136. The van der Waals surface area contributed by atoms with Gasteiger partial charge in [0.15, 0.2) is 0 Å². The van der Waals surface area contributed by atoms with Crippen LogP contribution < -0.4 is 0 Å². The van der Waals surface area contributed by atoms with E-state index in [0.717, 1.165) is 0 Å². The first-order valence-electron chi connectivity index (χ1n) is 16.5. The summed E-state index contributed by atoms with van der Waals surface area (Å²) >= 11 is 0. The lowest BCUT2D eigenvalue weighted by Gasteiger charge is -2.33. The molecule has 0 N–H and O–H groups in total. The number of hydrogen-bond acceptors (Lipinski definition) is 2. The van der Waals surface area contributed by atoms with Gasteiger partial charge in [0, 0.05) is 25.5 Å². The van der Waals surface area contributed by atoms with Crippen LogP contribution >= 0.6 is 0 Å². The summed E-state index contributed by atoms with van der Waals surface area (Å²) in [5, 5.41) is 0. The fraction of sp³-hybridized carbons (Fsp3) is 0.939. The van der Waals surface area contributed by atoms with E-state index >= 15 is 0 Å². The summed E-state index contributed by atoms with van der Waals surface area (Å²) in [4.78, 5) is 5.33. The monoisotopic (exact) mass is 491 g/mol. The van der Waals surface area contributed by atoms with Crippen molar-refractivity contribution in [2.75, 3.05) is 13.1 Å². The third kappa shape index (κ3) is 18.3. The lowest BCUT2D eigenvalue weighted by Crippen LogP contribution is -2.39. The highest BCUT2D eigenvalue weighted by Gasteiger charge is 2.24. The van der Waals surface area contributed by atoms with Crippen LogP contribution in [0.4, 0.5) is 0 Å². The van der Waals surface area contributed by atoms with Crippen molar-refractivity contribution in [1.29, 1.82) is 0 Å². The van der Waals surface area contributed by atoms with Gasteiger partial charge in [-0.25, -0.2) is 0 Å². The van der Waals surface area contributed by atoms with E-state index in [4.69, 9.17) is 0 Å². The molecule has 1 atom stereocenters. The largest absolute Gasteiger partial charge is 0.356 e. The molecule has 0 spiro atoms. The van der Waals surface area contributed by atoms with Crippen LogP contribution in [0.25, 0.3) is 0 Å². The van der Waals surface area contributed by atoms with Crippen molar-refractivity contribution in [3.63, 3.8) is 0 Å². The summed E-state index contributed by atoms with van der Waals surface area (Å²) < 4.78 is 0. The van der Waals surface area contributed by atoms with Gasteiger partial charge in [-0.05, 0) is 25.7 Å². The molecule has 35 heavy (non-hydrogen) atoms. The van der Waals surface area contributed by atoms with Crippen molar-refractivity contribution in [3.8, 4) is 0 Å². The molecule has 0 aromatic rings. The first kappa shape index (κ1) is 32.4. The second-order valence-corrected chi connectivity index (χ2v) is 11.5. The summed E-state index contributed by atoms with van der Waals surface area (Å²) in [6.45, 7) is 9.44. The molecule has 0 aliphatic carbocycles. The average Bonchev–Trinajstić information content (AvgIpc) is 3.25. The molecule has 1 aliphatic rings. The molecule has 1 aliphatic heterocycles. The van der Waals surface area contributed by atoms with E-state index in [9.17, 15) is 0 Å². The normalized spacial score (nSPS) is 15.6. The molecule has 1 rings (SSSR count). The summed E-state index contributed by atoms with van der Waals surface area (Å²) in [5.74, 6) is 0. The zero-order chi connectivity index (χ0) is 25.2. The zero-order valence-electron chi connectivity index (χ0n) is 24.7. The van der Waals surface area contributed by atoms with Crippen LogP contribution in [0.1, 0.15) is 181 Å². The first-order valence-corrected chi connectivity index (χ1v) is 16.5. The molecular weight excluding hydrogens is 424 g/mol. The summed E-state index contributed by atoms with van der Waals surface area (Å²) in [7, 11) is 0. The van der Waals surface area contributed by atoms with Crippen molar-refractivity contribution < 1.29 is 0 Å². The van der Waals surface area contributed by atoms with Gasteiger partial charge in [0.05, 0.1) is 0 Å². The Morgan fingerprint density at radius 3 is 1.09 bits per heavy atom. The zero-order valence-corrected chi connectivity index (χ0v) is 24.7. The van der Waals surface area contributed by atoms with Gasteiger partial charge in [0.1, 0.15) is 6.17 Å². The fourth-order valence-corrected chi connectivity index (χ4v) is 5.63. The predicted octanol–water partition coefficient (Wildman–Crippen LogP) is 11.2. The predicted molar refractivity (Wildman–Crippen MR) is 159 cm³/mol. The standard InChI is InChI=1S/C33H66N2/c1-4-7-10-12-14-16-18-20-22-24-26-28-33-34(29-9-6-3)31-32-35(33)30-27-25-23-21-19-17-15-13-11-8-5-2/h31-33H,4-30H2,1-3H3. The van der Waals surface area contributed by atoms with Gasteiger partial charge in [-0.2, -0.15) is 0 Å². The third-order valence-corrected chi connectivity index (χ3v) is 8.07. The highest BCUT2D eigenvalue weighted by Crippen LogP contribution is 2.23. The Bertz CT molecular complexity index is 446. The number of nitrogens with zero attached hydrogens (tertiary/aromatic N) is 2. The number of unbranched alkanes of at least 4 members (excludes halogenated alkanes) is 21. The van der Waals surface area contributed by atoms with Gasteiger partial charge in [0.25, 0.3) is 0 Å². The maximum Gasteiger partial charge on any atom is 0.101 e. The lowest BCUT2D eigenvalue weighted by atomic mass is 10.0. The Morgan fingerprint density at radius 2 is 0.686 bits per heavy atom. The minimum Gasteiger partial charge on any atom is -0.356 e. The highest BCUT2D eigenvalue weighted by atomic mass is 15.4. The fourth-order valence-electron chi connectivity index (χ4n) is 5.63. The second kappa shape index (κ2) is 25.0. The van der Waals surface area contributed by atoms with Gasteiger partial charge in [-0.1, -0.05) is 156 Å². The molecule has 0 fully saturated rings. The molecular formula is C33H66N2. The molecule has 0 radical (unpaired) electrons. The summed E-state index contributed by atoms with van der Waals surface area (Å²) in [6, 6.07) is 0. The van der Waals surface area contributed by atoms with Gasteiger partial charge in [-0.15, -0.1) is 0 Å². The van der Waals surface area contributed by atoms with E-state index < -0.39 is 0 Å². The van der Waals surface area contributed by atoms with Crippen molar-refractivity contribution in [2.24, 2.45) is 0 Å². The summed E-state index contributed by atoms with van der Waals surface area (Å²) in [5.41, 5.74) is 0. The molecule has 0 bridgehead atoms. The third-order valence-electron chi connectivity index (χ3n) is 8.07. The van der Waals surface area contributed by atoms with E-state index in [1.807, 2.05) is 0 Å². The van der Waals surface area contributed by atoms with Crippen LogP contribution in [0.5, 0.6) is 0 Å². The van der Waals surface area contributed by atoms with Gasteiger partial charge < -0.3 is 9.80 Å². The van der Waals surface area contributed by atoms with E-state index in [2.05, 4.69) is 43.0 Å². The molecule has 2 nitrogen and oxygen atoms in total. The van der Waals surface area contributed by atoms with E-state index in [1.54, 1.807) is 0 Å².